The van der Waals surface area contributed by atoms with Crippen LogP contribution in [0.25, 0.3) is 21.5 Å². The molecule has 6 N–H and O–H groups in total. The van der Waals surface area contributed by atoms with E-state index in [4.69, 9.17) is 20.9 Å². The maximum Gasteiger partial charge on any atom is 0.268 e. The number of unbranched alkanes of at least 4 members (excludes halogenated alkanes) is 2. The highest BCUT2D eigenvalue weighted by Gasteiger charge is 2.47. The molecule has 0 bridgehead atoms. The molecular formula is C70H77N13O12. The molecule has 25 heteroatoms. The molecule has 0 saturated carbocycles. The highest BCUT2D eigenvalue weighted by molar-refractivity contribution is 6.43. The fourth-order valence-electron chi connectivity index (χ4n) is 12.9. The molecule has 4 heterocycles. The Balaban J connectivity index is 0.782. The molecule has 3 atom stereocenters. The van der Waals surface area contributed by atoms with E-state index in [0.717, 1.165) is 61.2 Å². The van der Waals surface area contributed by atoms with Gasteiger partial charge in [0.05, 0.1) is 93.9 Å². The Labute approximate surface area is 549 Å². The van der Waals surface area contributed by atoms with Gasteiger partial charge in [0, 0.05) is 69.2 Å². The van der Waals surface area contributed by atoms with E-state index in [9.17, 15) is 47.9 Å². The third kappa shape index (κ3) is 12.4. The van der Waals surface area contributed by atoms with E-state index in [1.165, 1.54) is 72.8 Å². The van der Waals surface area contributed by atoms with Crippen molar-refractivity contribution >= 4 is 122 Å². The molecule has 4 aliphatic heterocycles. The van der Waals surface area contributed by atoms with Crippen molar-refractivity contribution in [1.82, 2.24) is 20.7 Å². The van der Waals surface area contributed by atoms with Crippen LogP contribution in [-0.2, 0) is 9.59 Å². The number of hydrazone groups is 2. The van der Waals surface area contributed by atoms with Gasteiger partial charge in [0.1, 0.15) is 17.5 Å². The SMILES string of the molecule is CCCCC(CC)CN1C(=O)c2cc(N(C)C)c3c4c(cc(OC)c(c24)C1=O)C(=O)N(c1ccc(/C=N\NC(=O)CC[C@H](N=C(N)N)C(=O)N/N=C\c2ccc(N4C(=O)c5cc(OC)c6c7c(cc(N(C)C)c(c57)C4=O)C(=O)N(CC(CC)CCCC)C6=O)cc2)cc1)C3=O. The minimum absolute atomic E-state index is 0.0678. The van der Waals surface area contributed by atoms with Crippen LogP contribution in [0.15, 0.2) is 88.0 Å². The minimum atomic E-state index is -1.26. The van der Waals surface area contributed by atoms with Crippen LogP contribution in [0, 0.1) is 11.8 Å². The number of benzene rings is 6. The molecule has 0 radical (unpaired) electrons. The minimum Gasteiger partial charge on any atom is -0.496 e. The van der Waals surface area contributed by atoms with Gasteiger partial charge in [-0.05, 0) is 90.8 Å². The summed E-state index contributed by atoms with van der Waals surface area (Å²) in [7, 11) is 9.66. The van der Waals surface area contributed by atoms with Crippen molar-refractivity contribution in [2.45, 2.75) is 97.9 Å². The molecule has 10 amide bonds. The quantitative estimate of drug-likeness (QED) is 0.0163. The van der Waals surface area contributed by atoms with Gasteiger partial charge in [0.2, 0.25) is 5.91 Å². The standard InChI is InChI=1S/C70H77N13O12/c1-11-15-17-37(13-3)35-80-62(86)43-29-48(78(5)6)57-53-45(31-50(94-9)59(55(43)53)66(80)90)64(88)82(68(57)92)41-23-19-39(20-24-41)33-73-76-52(84)28-27-47(75-70(71)72)61(85)77-74-34-40-21-25-42(26-22-40)83-65(89)46-32-51(95-10)60-56-44(30-49(79(7)8)58(54(46)56)69(83)93)63(87)81(67(60)91)36-38(14-4)18-16-12-2/h19-26,29-34,37-38,47H,11-18,27-28,35-36H2,1-10H3,(H,76,84)(H,77,85)(H4,71,72,75)/b73-33-,74-34-/t37?,38?,47-/m0/s1. The zero-order valence-corrected chi connectivity index (χ0v) is 54.9. The monoisotopic (exact) mass is 1290 g/mol. The van der Waals surface area contributed by atoms with E-state index in [1.807, 2.05) is 13.8 Å². The van der Waals surface area contributed by atoms with Gasteiger partial charge in [-0.25, -0.2) is 25.6 Å². The summed E-state index contributed by atoms with van der Waals surface area (Å²) in [6.45, 7) is 8.66. The van der Waals surface area contributed by atoms with Crippen LogP contribution in [-0.4, -0.2) is 149 Å². The molecule has 6 aromatic carbocycles. The van der Waals surface area contributed by atoms with Crippen LogP contribution < -0.4 is 51.4 Å². The molecule has 0 aliphatic carbocycles. The van der Waals surface area contributed by atoms with Crippen molar-refractivity contribution in [2.75, 3.05) is 75.1 Å². The molecular weight excluding hydrogens is 1210 g/mol. The molecule has 0 aromatic heterocycles. The number of guanidine groups is 1. The fourth-order valence-corrected chi connectivity index (χ4v) is 12.9. The first kappa shape index (κ1) is 67.1. The van der Waals surface area contributed by atoms with E-state index >= 15 is 0 Å². The Kier molecular flexibility index (Phi) is 19.6. The average Bonchev–Trinajstić information content (AvgIpc) is 0.704. The Hall–Kier alpha value is -10.9. The lowest BCUT2D eigenvalue weighted by molar-refractivity contribution is -0.123. The van der Waals surface area contributed by atoms with E-state index in [0.29, 0.717) is 22.5 Å². The Bertz CT molecular complexity index is 4290. The first-order chi connectivity index (χ1) is 45.5. The van der Waals surface area contributed by atoms with Gasteiger partial charge in [0.25, 0.3) is 53.2 Å². The Morgan fingerprint density at radius 3 is 1.27 bits per heavy atom. The Morgan fingerprint density at radius 1 is 0.516 bits per heavy atom. The van der Waals surface area contributed by atoms with Crippen LogP contribution in [0.1, 0.15) is 186 Å². The molecule has 494 valence electrons. The summed E-state index contributed by atoms with van der Waals surface area (Å²) in [6, 6.07) is 17.3. The zero-order valence-electron chi connectivity index (χ0n) is 54.9. The molecule has 4 aliphatic rings. The average molecular weight is 1290 g/mol. The van der Waals surface area contributed by atoms with E-state index < -0.39 is 71.1 Å². The molecule has 10 rings (SSSR count). The normalized spacial score (nSPS) is 15.2. The van der Waals surface area contributed by atoms with Crippen molar-refractivity contribution in [2.24, 2.45) is 38.5 Å². The first-order valence-corrected chi connectivity index (χ1v) is 31.8. The summed E-state index contributed by atoms with van der Waals surface area (Å²) in [5, 5.41) is 8.90. The maximum atomic E-state index is 14.7. The van der Waals surface area contributed by atoms with Crippen LogP contribution in [0.3, 0.4) is 0 Å². The van der Waals surface area contributed by atoms with E-state index in [-0.39, 0.29) is 127 Å². The second-order valence-corrected chi connectivity index (χ2v) is 24.4. The summed E-state index contributed by atoms with van der Waals surface area (Å²) in [5.41, 5.74) is 19.2. The van der Waals surface area contributed by atoms with Gasteiger partial charge < -0.3 is 30.7 Å². The number of anilines is 4. The smallest absolute Gasteiger partial charge is 0.268 e. The zero-order chi connectivity index (χ0) is 68.4. The summed E-state index contributed by atoms with van der Waals surface area (Å²) in [5.74, 6) is -6.30. The van der Waals surface area contributed by atoms with Crippen molar-refractivity contribution < 1.29 is 57.4 Å². The number of imide groups is 4. The van der Waals surface area contributed by atoms with E-state index in [1.54, 1.807) is 74.4 Å². The summed E-state index contributed by atoms with van der Waals surface area (Å²) >= 11 is 0. The number of ether oxygens (including phenoxy) is 2. The number of carbonyl (C=O) groups is 10. The summed E-state index contributed by atoms with van der Waals surface area (Å²) < 4.78 is 11.5. The highest BCUT2D eigenvalue weighted by atomic mass is 16.5. The first-order valence-electron chi connectivity index (χ1n) is 31.8. The number of aliphatic imine (C=N–C) groups is 1. The molecule has 25 nitrogen and oxygen atoms in total. The van der Waals surface area contributed by atoms with Gasteiger partial charge in [-0.15, -0.1) is 0 Å². The van der Waals surface area contributed by atoms with Crippen molar-refractivity contribution in [3.63, 3.8) is 0 Å². The van der Waals surface area contributed by atoms with Crippen LogP contribution in [0.2, 0.25) is 0 Å². The molecule has 2 unspecified atom stereocenters. The van der Waals surface area contributed by atoms with Crippen LogP contribution >= 0.6 is 0 Å². The topological polar surface area (TPSA) is 322 Å². The number of amides is 10. The highest BCUT2D eigenvalue weighted by Crippen LogP contribution is 2.49. The van der Waals surface area contributed by atoms with Crippen molar-refractivity contribution in [3.05, 3.63) is 128 Å². The van der Waals surface area contributed by atoms with Gasteiger partial charge in [0.15, 0.2) is 5.96 Å². The second-order valence-electron chi connectivity index (χ2n) is 24.4. The third-order valence-electron chi connectivity index (χ3n) is 18.0. The van der Waals surface area contributed by atoms with Gasteiger partial charge in [-0.3, -0.25) is 57.7 Å². The van der Waals surface area contributed by atoms with E-state index in [2.05, 4.69) is 39.9 Å². The summed E-state index contributed by atoms with van der Waals surface area (Å²) in [4.78, 5) is 154. The van der Waals surface area contributed by atoms with Crippen LogP contribution in [0.4, 0.5) is 22.7 Å². The number of nitrogens with two attached hydrogens (primary N) is 2. The lowest BCUT2D eigenvalue weighted by atomic mass is 9.83. The molecule has 6 aromatic rings. The lowest BCUT2D eigenvalue weighted by Gasteiger charge is -2.35. The number of nitrogens with one attached hydrogen (secondary N) is 2. The molecule has 0 fully saturated rings. The number of methoxy groups -OCH3 is 2. The van der Waals surface area contributed by atoms with Gasteiger partial charge in [-0.2, -0.15) is 10.2 Å². The number of hydrogen-bond donors (Lipinski definition) is 4. The van der Waals surface area contributed by atoms with Crippen LogP contribution in [0.5, 0.6) is 11.5 Å². The summed E-state index contributed by atoms with van der Waals surface area (Å²) in [6.07, 6.45) is 9.25. The fraction of sp³-hybridized carbons (Fsp3) is 0.357. The number of carbonyl (C=O) groups excluding carboxylic acids is 10. The van der Waals surface area contributed by atoms with Crippen molar-refractivity contribution in [3.8, 4) is 11.5 Å². The van der Waals surface area contributed by atoms with Crippen molar-refractivity contribution in [1.29, 1.82) is 0 Å². The number of hydrogen-bond acceptors (Lipinski definition) is 17. The maximum absolute atomic E-state index is 14.7. The number of nitrogens with zero attached hydrogens (tertiary/aromatic N) is 9. The Morgan fingerprint density at radius 2 is 0.905 bits per heavy atom. The predicted octanol–water partition coefficient (Wildman–Crippen LogP) is 8.39. The van der Waals surface area contributed by atoms with Gasteiger partial charge in [-0.1, -0.05) is 90.5 Å². The molecule has 95 heavy (non-hydrogen) atoms. The second kappa shape index (κ2) is 27.8. The lowest BCUT2D eigenvalue weighted by Crippen LogP contribution is -2.45. The molecule has 0 spiro atoms. The largest absolute Gasteiger partial charge is 0.496 e. The van der Waals surface area contributed by atoms with Gasteiger partial charge >= 0.3 is 0 Å². The molecule has 0 saturated heterocycles. The predicted molar refractivity (Wildman–Crippen MR) is 362 cm³/mol. The number of rotatable bonds is 27. The third-order valence-corrected chi connectivity index (χ3v) is 18.0.